The van der Waals surface area contributed by atoms with Gasteiger partial charge in [-0.25, -0.2) is 0 Å². The Bertz CT molecular complexity index is 911. The van der Waals surface area contributed by atoms with Crippen LogP contribution in [-0.2, 0) is 19.1 Å². The lowest BCUT2D eigenvalue weighted by Crippen LogP contribution is -2.19. The highest BCUT2D eigenvalue weighted by Gasteiger charge is 2.23. The van der Waals surface area contributed by atoms with E-state index in [1.807, 2.05) is 0 Å². The van der Waals surface area contributed by atoms with Crippen molar-refractivity contribution in [2.45, 2.75) is 18.9 Å². The molecule has 1 aromatic heterocycles. The van der Waals surface area contributed by atoms with Crippen molar-refractivity contribution in [1.29, 1.82) is 0 Å². The van der Waals surface area contributed by atoms with Gasteiger partial charge in [-0.05, 0) is 12.1 Å². The second-order valence-electron chi connectivity index (χ2n) is 6.04. The molecule has 1 N–H and O–H groups in total. The number of halogens is 1. The highest BCUT2D eigenvalue weighted by atomic mass is 35.5. The van der Waals surface area contributed by atoms with Gasteiger partial charge in [0.2, 0.25) is 0 Å². The highest BCUT2D eigenvalue weighted by molar-refractivity contribution is 6.36. The molecular formula is C19H22ClN3O7. The summed E-state index contributed by atoms with van der Waals surface area (Å²) in [5.41, 5.74) is 0.508. The molecule has 1 aromatic carbocycles. The highest BCUT2D eigenvalue weighted by Crippen LogP contribution is 2.37. The van der Waals surface area contributed by atoms with Crippen molar-refractivity contribution in [3.05, 3.63) is 35.1 Å². The minimum atomic E-state index is -0.639. The van der Waals surface area contributed by atoms with E-state index in [1.165, 1.54) is 51.6 Å². The lowest BCUT2D eigenvalue weighted by Gasteiger charge is -2.15. The van der Waals surface area contributed by atoms with Crippen LogP contribution in [0, 0.1) is 0 Å². The van der Waals surface area contributed by atoms with Crippen molar-refractivity contribution in [3.8, 4) is 11.5 Å². The number of hydrogen-bond acceptors (Lipinski definition) is 8. The summed E-state index contributed by atoms with van der Waals surface area (Å²) in [5.74, 6) is -0.902. The summed E-state index contributed by atoms with van der Waals surface area (Å²) in [4.78, 5) is 36.0. The number of esters is 2. The van der Waals surface area contributed by atoms with Gasteiger partial charge in [-0.2, -0.15) is 5.10 Å². The van der Waals surface area contributed by atoms with Crippen LogP contribution in [0.25, 0.3) is 0 Å². The van der Waals surface area contributed by atoms with E-state index in [1.54, 1.807) is 6.07 Å². The van der Waals surface area contributed by atoms with Gasteiger partial charge in [0.15, 0.2) is 11.5 Å². The molecule has 0 spiro atoms. The van der Waals surface area contributed by atoms with Crippen molar-refractivity contribution >= 4 is 35.1 Å². The van der Waals surface area contributed by atoms with Crippen LogP contribution in [0.4, 0.5) is 5.69 Å². The first kappa shape index (κ1) is 23.0. The number of anilines is 1. The van der Waals surface area contributed by atoms with Crippen LogP contribution >= 0.6 is 11.6 Å². The molecule has 0 radical (unpaired) electrons. The van der Waals surface area contributed by atoms with Crippen molar-refractivity contribution < 1.29 is 33.3 Å². The molecule has 0 unspecified atom stereocenters. The van der Waals surface area contributed by atoms with Crippen LogP contribution in [0.3, 0.4) is 0 Å². The van der Waals surface area contributed by atoms with Gasteiger partial charge in [0.25, 0.3) is 5.91 Å². The normalized spacial score (nSPS) is 10.5. The molecule has 30 heavy (non-hydrogen) atoms. The minimum absolute atomic E-state index is 0.0935. The fraction of sp³-hybridized carbons (Fsp3) is 0.368. The quantitative estimate of drug-likeness (QED) is 0.592. The average molecular weight is 440 g/mol. The summed E-state index contributed by atoms with van der Waals surface area (Å²) < 4.78 is 21.1. The number of carbonyl (C=O) groups excluding carboxylic acids is 3. The predicted molar refractivity (Wildman–Crippen MR) is 107 cm³/mol. The Hall–Kier alpha value is -3.27. The first-order chi connectivity index (χ1) is 14.3. The number of benzene rings is 1. The number of carbonyl (C=O) groups is 3. The molecule has 0 fully saturated rings. The predicted octanol–water partition coefficient (Wildman–Crippen LogP) is 2.47. The summed E-state index contributed by atoms with van der Waals surface area (Å²) in [6.45, 7) is 0. The van der Waals surface area contributed by atoms with Crippen molar-refractivity contribution in [3.63, 3.8) is 0 Å². The van der Waals surface area contributed by atoms with Gasteiger partial charge < -0.3 is 24.3 Å². The molecule has 11 heteroatoms. The van der Waals surface area contributed by atoms with Crippen LogP contribution in [0.5, 0.6) is 11.5 Å². The summed E-state index contributed by atoms with van der Waals surface area (Å²) in [6, 6.07) is 2.42. The number of rotatable bonds is 9. The third-order valence-electron chi connectivity index (χ3n) is 4.22. The SMILES string of the molecule is COC(=O)CC(CC(=O)OC)n1cc(NC(=O)c2ccc(OC)c(OC)c2Cl)cn1. The van der Waals surface area contributed by atoms with Crippen LogP contribution in [-0.4, -0.2) is 56.1 Å². The average Bonchev–Trinajstić information content (AvgIpc) is 3.20. The summed E-state index contributed by atoms with van der Waals surface area (Å²) in [6.07, 6.45) is 2.68. The Labute approximate surface area is 178 Å². The van der Waals surface area contributed by atoms with Crippen LogP contribution in [0.1, 0.15) is 29.2 Å². The molecule has 0 aliphatic heterocycles. The molecule has 0 aliphatic carbocycles. The van der Waals surface area contributed by atoms with Gasteiger partial charge in [0.1, 0.15) is 0 Å². The first-order valence-corrected chi connectivity index (χ1v) is 9.12. The topological polar surface area (TPSA) is 118 Å². The monoisotopic (exact) mass is 439 g/mol. The van der Waals surface area contributed by atoms with Crippen LogP contribution in [0.15, 0.2) is 24.5 Å². The Balaban J connectivity index is 2.21. The summed E-state index contributed by atoms with van der Waals surface area (Å²) in [5, 5.41) is 6.89. The summed E-state index contributed by atoms with van der Waals surface area (Å²) in [7, 11) is 5.37. The van der Waals surface area contributed by atoms with E-state index in [0.717, 1.165) is 0 Å². The second kappa shape index (κ2) is 10.5. The van der Waals surface area contributed by atoms with Crippen molar-refractivity contribution in [2.75, 3.05) is 33.8 Å². The number of nitrogens with one attached hydrogen (secondary N) is 1. The van der Waals surface area contributed by atoms with E-state index < -0.39 is 23.9 Å². The number of amides is 1. The Morgan fingerprint density at radius 2 is 1.70 bits per heavy atom. The van der Waals surface area contributed by atoms with Gasteiger partial charge in [0, 0.05) is 6.20 Å². The molecule has 0 saturated carbocycles. The molecule has 0 saturated heterocycles. The maximum Gasteiger partial charge on any atom is 0.307 e. The van der Waals surface area contributed by atoms with Gasteiger partial charge >= 0.3 is 11.9 Å². The van der Waals surface area contributed by atoms with E-state index >= 15 is 0 Å². The van der Waals surface area contributed by atoms with E-state index in [4.69, 9.17) is 21.1 Å². The number of methoxy groups -OCH3 is 4. The number of aromatic nitrogens is 2. The molecule has 2 rings (SSSR count). The maximum absolute atomic E-state index is 12.7. The molecule has 2 aromatic rings. The molecule has 10 nitrogen and oxygen atoms in total. The first-order valence-electron chi connectivity index (χ1n) is 8.74. The smallest absolute Gasteiger partial charge is 0.307 e. The zero-order valence-corrected chi connectivity index (χ0v) is 17.7. The van der Waals surface area contributed by atoms with E-state index in [-0.39, 0.29) is 29.2 Å². The molecule has 162 valence electrons. The number of nitrogens with zero attached hydrogens (tertiary/aromatic N) is 2. The fourth-order valence-corrected chi connectivity index (χ4v) is 3.00. The zero-order valence-electron chi connectivity index (χ0n) is 16.9. The number of ether oxygens (including phenoxy) is 4. The molecular weight excluding hydrogens is 418 g/mol. The Morgan fingerprint density at radius 3 is 2.23 bits per heavy atom. The Kier molecular flexibility index (Phi) is 8.05. The molecule has 0 aliphatic rings. The molecule has 1 heterocycles. The van der Waals surface area contributed by atoms with Crippen LogP contribution < -0.4 is 14.8 Å². The van der Waals surface area contributed by atoms with Crippen LogP contribution in [0.2, 0.25) is 5.02 Å². The molecule has 1 amide bonds. The summed E-state index contributed by atoms with van der Waals surface area (Å²) >= 11 is 6.27. The van der Waals surface area contributed by atoms with Gasteiger partial charge in [-0.1, -0.05) is 11.6 Å². The maximum atomic E-state index is 12.7. The van der Waals surface area contributed by atoms with E-state index in [9.17, 15) is 14.4 Å². The largest absolute Gasteiger partial charge is 0.493 e. The fourth-order valence-electron chi connectivity index (χ4n) is 2.68. The molecule has 0 atom stereocenters. The lowest BCUT2D eigenvalue weighted by molar-refractivity contribution is -0.144. The second-order valence-corrected chi connectivity index (χ2v) is 6.42. The Morgan fingerprint density at radius 1 is 1.07 bits per heavy atom. The third kappa shape index (κ3) is 5.41. The van der Waals surface area contributed by atoms with E-state index in [2.05, 4.69) is 19.9 Å². The number of hydrogen-bond donors (Lipinski definition) is 1. The van der Waals surface area contributed by atoms with Crippen molar-refractivity contribution in [2.24, 2.45) is 0 Å². The molecule has 0 bridgehead atoms. The van der Waals surface area contributed by atoms with Gasteiger partial charge in [0.05, 0.1) is 69.8 Å². The minimum Gasteiger partial charge on any atom is -0.493 e. The standard InChI is InChI=1S/C19H22ClN3O7/c1-27-14-6-5-13(17(20)18(14)30-4)19(26)22-11-9-21-23(10-11)12(7-15(24)28-2)8-16(25)29-3/h5-6,9-10,12H,7-8H2,1-4H3,(H,22,26). The van der Waals surface area contributed by atoms with E-state index in [0.29, 0.717) is 11.4 Å². The van der Waals surface area contributed by atoms with Gasteiger partial charge in [-0.15, -0.1) is 0 Å². The third-order valence-corrected chi connectivity index (χ3v) is 4.60. The zero-order chi connectivity index (χ0) is 22.3. The lowest BCUT2D eigenvalue weighted by atomic mass is 10.1. The van der Waals surface area contributed by atoms with Gasteiger partial charge in [-0.3, -0.25) is 19.1 Å². The van der Waals surface area contributed by atoms with Crippen molar-refractivity contribution in [1.82, 2.24) is 9.78 Å².